The average molecular weight is 337 g/mol. The third-order valence-corrected chi connectivity index (χ3v) is 3.33. The monoisotopic (exact) mass is 336 g/mol. The Morgan fingerprint density at radius 2 is 2.30 bits per heavy atom. The summed E-state index contributed by atoms with van der Waals surface area (Å²) < 4.78 is 2.76. The van der Waals surface area contributed by atoms with Crippen LogP contribution >= 0.6 is 15.9 Å². The lowest BCUT2D eigenvalue weighted by Crippen LogP contribution is -2.13. The highest BCUT2D eigenvalue weighted by atomic mass is 79.9. The molecule has 5 nitrogen and oxygen atoms in total. The van der Waals surface area contributed by atoms with E-state index in [0.717, 1.165) is 28.7 Å². The molecule has 0 aliphatic heterocycles. The number of anilines is 2. The molecule has 0 saturated heterocycles. The number of amides is 1. The third kappa shape index (κ3) is 4.09. The molecule has 0 fully saturated rings. The van der Waals surface area contributed by atoms with Crippen LogP contribution in [0.3, 0.4) is 0 Å². The zero-order valence-corrected chi connectivity index (χ0v) is 12.9. The van der Waals surface area contributed by atoms with Gasteiger partial charge in [-0.2, -0.15) is 5.10 Å². The Labute approximate surface area is 126 Å². The first-order chi connectivity index (χ1) is 9.54. The number of nitrogens with one attached hydrogen (secondary N) is 1. The largest absolute Gasteiger partial charge is 0.399 e. The first-order valence-electron chi connectivity index (χ1n) is 6.38. The Morgan fingerprint density at radius 3 is 2.95 bits per heavy atom. The lowest BCUT2D eigenvalue weighted by Gasteiger charge is -2.09. The molecule has 20 heavy (non-hydrogen) atoms. The zero-order chi connectivity index (χ0) is 14.5. The van der Waals surface area contributed by atoms with Gasteiger partial charge in [-0.25, -0.2) is 0 Å². The molecule has 0 radical (unpaired) electrons. The second-order valence-corrected chi connectivity index (χ2v) is 5.56. The number of carbonyl (C=O) groups is 1. The molecule has 0 atom stereocenters. The summed E-state index contributed by atoms with van der Waals surface area (Å²) in [5.74, 6) is 0.00379. The van der Waals surface area contributed by atoms with E-state index < -0.39 is 0 Å². The van der Waals surface area contributed by atoms with Crippen LogP contribution in [-0.2, 0) is 11.3 Å². The first-order valence-corrected chi connectivity index (χ1v) is 7.18. The van der Waals surface area contributed by atoms with Gasteiger partial charge in [0.2, 0.25) is 5.91 Å². The van der Waals surface area contributed by atoms with Crippen LogP contribution < -0.4 is 11.1 Å². The summed E-state index contributed by atoms with van der Waals surface area (Å²) in [5.41, 5.74) is 8.16. The average Bonchev–Trinajstić information content (AvgIpc) is 2.79. The number of aryl methyl sites for hydroxylation is 2. The van der Waals surface area contributed by atoms with E-state index in [1.807, 2.05) is 29.9 Å². The van der Waals surface area contributed by atoms with Gasteiger partial charge >= 0.3 is 0 Å². The Morgan fingerprint density at radius 1 is 1.50 bits per heavy atom. The van der Waals surface area contributed by atoms with Crippen molar-refractivity contribution in [3.63, 3.8) is 0 Å². The number of hydrogen-bond acceptors (Lipinski definition) is 3. The van der Waals surface area contributed by atoms with Crippen molar-refractivity contribution >= 4 is 33.2 Å². The number of aromatic nitrogens is 2. The Kier molecular flexibility index (Phi) is 4.79. The van der Waals surface area contributed by atoms with E-state index in [1.54, 1.807) is 12.3 Å². The summed E-state index contributed by atoms with van der Waals surface area (Å²) in [6.45, 7) is 2.65. The van der Waals surface area contributed by atoms with Crippen molar-refractivity contribution in [2.45, 2.75) is 26.3 Å². The molecule has 0 saturated carbocycles. The summed E-state index contributed by atoms with van der Waals surface area (Å²) in [7, 11) is 0. The summed E-state index contributed by atoms with van der Waals surface area (Å²) >= 11 is 3.34. The van der Waals surface area contributed by atoms with Gasteiger partial charge in [0, 0.05) is 30.5 Å². The molecule has 1 aromatic heterocycles. The number of carbonyl (C=O) groups excluding carboxylic acids is 1. The minimum atomic E-state index is 0.00379. The first kappa shape index (κ1) is 14.6. The van der Waals surface area contributed by atoms with Crippen molar-refractivity contribution < 1.29 is 4.79 Å². The van der Waals surface area contributed by atoms with Crippen molar-refractivity contribution in [1.82, 2.24) is 9.78 Å². The Bertz CT molecular complexity index is 609. The van der Waals surface area contributed by atoms with Crippen molar-refractivity contribution in [1.29, 1.82) is 0 Å². The standard InChI is InChI=1S/C14H17BrN4O/c1-10-7-12(16)4-5-13(10)18-14(20)3-2-6-19-9-11(15)8-17-19/h4-5,7-9H,2-3,6,16H2,1H3,(H,18,20). The fourth-order valence-electron chi connectivity index (χ4n) is 1.90. The summed E-state index contributed by atoms with van der Waals surface area (Å²) in [4.78, 5) is 11.9. The molecule has 1 aromatic carbocycles. The second-order valence-electron chi connectivity index (χ2n) is 4.65. The summed E-state index contributed by atoms with van der Waals surface area (Å²) in [6, 6.07) is 5.45. The van der Waals surface area contributed by atoms with Crippen molar-refractivity contribution in [3.05, 3.63) is 40.6 Å². The number of rotatable bonds is 5. The Balaban J connectivity index is 1.80. The SMILES string of the molecule is Cc1cc(N)ccc1NC(=O)CCCn1cc(Br)cn1. The Hall–Kier alpha value is -1.82. The number of nitrogen functional groups attached to an aromatic ring is 1. The number of hydrogen-bond donors (Lipinski definition) is 2. The third-order valence-electron chi connectivity index (χ3n) is 2.92. The smallest absolute Gasteiger partial charge is 0.224 e. The van der Waals surface area contributed by atoms with Crippen LogP contribution in [0.1, 0.15) is 18.4 Å². The highest BCUT2D eigenvalue weighted by Gasteiger charge is 2.05. The normalized spacial score (nSPS) is 10.5. The second kappa shape index (κ2) is 6.56. The maximum atomic E-state index is 11.9. The van der Waals surface area contributed by atoms with Gasteiger partial charge in [0.25, 0.3) is 0 Å². The lowest BCUT2D eigenvalue weighted by atomic mass is 10.1. The van der Waals surface area contributed by atoms with Gasteiger partial charge in [-0.3, -0.25) is 9.48 Å². The molecule has 0 unspecified atom stereocenters. The van der Waals surface area contributed by atoms with Crippen LogP contribution in [0, 0.1) is 6.92 Å². The molecular formula is C14H17BrN4O. The van der Waals surface area contributed by atoms with Crippen LogP contribution in [0.25, 0.3) is 0 Å². The molecule has 0 aliphatic carbocycles. The van der Waals surface area contributed by atoms with Gasteiger partial charge in [-0.05, 0) is 53.0 Å². The van der Waals surface area contributed by atoms with Crippen molar-refractivity contribution in [3.8, 4) is 0 Å². The van der Waals surface area contributed by atoms with E-state index in [-0.39, 0.29) is 5.91 Å². The summed E-state index contributed by atoms with van der Waals surface area (Å²) in [5, 5.41) is 7.04. The van der Waals surface area contributed by atoms with Crippen LogP contribution in [0.4, 0.5) is 11.4 Å². The molecule has 2 rings (SSSR count). The highest BCUT2D eigenvalue weighted by molar-refractivity contribution is 9.10. The van der Waals surface area contributed by atoms with E-state index in [9.17, 15) is 4.79 Å². The molecule has 0 bridgehead atoms. The molecule has 1 amide bonds. The van der Waals surface area contributed by atoms with Gasteiger partial charge < -0.3 is 11.1 Å². The number of nitrogens with zero attached hydrogens (tertiary/aromatic N) is 2. The molecule has 3 N–H and O–H groups in total. The van der Waals surface area contributed by atoms with Crippen LogP contribution in [0.15, 0.2) is 35.1 Å². The molecule has 0 aliphatic rings. The van der Waals surface area contributed by atoms with E-state index >= 15 is 0 Å². The topological polar surface area (TPSA) is 72.9 Å². The number of halogens is 1. The maximum Gasteiger partial charge on any atom is 0.224 e. The van der Waals surface area contributed by atoms with Crippen molar-refractivity contribution in [2.75, 3.05) is 11.1 Å². The number of benzene rings is 1. The molecule has 1 heterocycles. The van der Waals surface area contributed by atoms with E-state index in [0.29, 0.717) is 12.1 Å². The molecule has 2 aromatic rings. The minimum Gasteiger partial charge on any atom is -0.399 e. The fourth-order valence-corrected chi connectivity index (χ4v) is 2.23. The molecule has 106 valence electrons. The van der Waals surface area contributed by atoms with E-state index in [2.05, 4.69) is 26.3 Å². The van der Waals surface area contributed by atoms with Gasteiger partial charge in [-0.15, -0.1) is 0 Å². The summed E-state index contributed by atoms with van der Waals surface area (Å²) in [6.07, 6.45) is 4.83. The maximum absolute atomic E-state index is 11.9. The highest BCUT2D eigenvalue weighted by Crippen LogP contribution is 2.18. The van der Waals surface area contributed by atoms with Gasteiger partial charge in [0.1, 0.15) is 0 Å². The molecule has 6 heteroatoms. The molecule has 0 spiro atoms. The van der Waals surface area contributed by atoms with Crippen LogP contribution in [-0.4, -0.2) is 15.7 Å². The molecular weight excluding hydrogens is 320 g/mol. The van der Waals surface area contributed by atoms with Crippen LogP contribution in [0.2, 0.25) is 0 Å². The van der Waals surface area contributed by atoms with Crippen LogP contribution in [0.5, 0.6) is 0 Å². The van der Waals surface area contributed by atoms with Gasteiger partial charge in [0.05, 0.1) is 10.7 Å². The predicted octanol–water partition coefficient (Wildman–Crippen LogP) is 2.96. The quantitative estimate of drug-likeness (QED) is 0.824. The fraction of sp³-hybridized carbons (Fsp3) is 0.286. The minimum absolute atomic E-state index is 0.00379. The zero-order valence-electron chi connectivity index (χ0n) is 11.3. The van der Waals surface area contributed by atoms with Gasteiger partial charge in [0.15, 0.2) is 0 Å². The van der Waals surface area contributed by atoms with Crippen molar-refractivity contribution in [2.24, 2.45) is 0 Å². The lowest BCUT2D eigenvalue weighted by molar-refractivity contribution is -0.116. The van der Waals surface area contributed by atoms with E-state index in [1.165, 1.54) is 0 Å². The predicted molar refractivity (Wildman–Crippen MR) is 83.4 cm³/mol. The van der Waals surface area contributed by atoms with E-state index in [4.69, 9.17) is 5.73 Å². The van der Waals surface area contributed by atoms with Gasteiger partial charge in [-0.1, -0.05) is 0 Å². The number of nitrogens with two attached hydrogens (primary N) is 1.